The average molecular weight is 329 g/mol. The van der Waals surface area contributed by atoms with Crippen molar-refractivity contribution in [2.24, 2.45) is 5.92 Å². The fourth-order valence-corrected chi connectivity index (χ4v) is 3.67. The summed E-state index contributed by atoms with van der Waals surface area (Å²) in [6, 6.07) is 4.03. The lowest BCUT2D eigenvalue weighted by Crippen LogP contribution is -2.29. The molecule has 0 saturated heterocycles. The molecular weight excluding hydrogens is 306 g/mol. The standard InChI is InChI=1S/C14H23N3O2S2/c1-11(10-20-2)7-17-21(18,19)14-6-3-12(9-16-14)8-15-13-4-5-13/h3,6,9,11,13,15,17H,4-5,7-8,10H2,1-2H3. The van der Waals surface area contributed by atoms with E-state index in [0.29, 0.717) is 18.5 Å². The number of sulfonamides is 1. The second-order valence-corrected chi connectivity index (χ2v) is 8.20. The lowest BCUT2D eigenvalue weighted by Gasteiger charge is -2.11. The quantitative estimate of drug-likeness (QED) is 0.720. The predicted octanol–water partition coefficient (Wildman–Crippen LogP) is 1.61. The minimum absolute atomic E-state index is 0.0917. The summed E-state index contributed by atoms with van der Waals surface area (Å²) in [5.74, 6) is 1.23. The van der Waals surface area contributed by atoms with Crippen molar-refractivity contribution in [3.05, 3.63) is 23.9 Å². The maximum Gasteiger partial charge on any atom is 0.258 e. The van der Waals surface area contributed by atoms with Crippen LogP contribution in [0.25, 0.3) is 0 Å². The Morgan fingerprint density at radius 1 is 1.43 bits per heavy atom. The Hall–Kier alpha value is -0.630. The zero-order valence-electron chi connectivity index (χ0n) is 12.5. The van der Waals surface area contributed by atoms with Crippen molar-refractivity contribution in [2.45, 2.75) is 37.4 Å². The molecule has 1 aromatic rings. The van der Waals surface area contributed by atoms with Gasteiger partial charge in [0.2, 0.25) is 0 Å². The van der Waals surface area contributed by atoms with E-state index in [9.17, 15) is 8.42 Å². The topological polar surface area (TPSA) is 71.1 Å². The molecule has 1 saturated carbocycles. The molecule has 118 valence electrons. The number of nitrogens with zero attached hydrogens (tertiary/aromatic N) is 1. The number of hydrogen-bond donors (Lipinski definition) is 2. The van der Waals surface area contributed by atoms with Crippen LogP contribution < -0.4 is 10.0 Å². The van der Waals surface area contributed by atoms with Crippen molar-refractivity contribution < 1.29 is 8.42 Å². The Balaban J connectivity index is 1.89. The van der Waals surface area contributed by atoms with E-state index in [-0.39, 0.29) is 5.03 Å². The monoisotopic (exact) mass is 329 g/mol. The molecule has 0 amide bonds. The number of aromatic nitrogens is 1. The molecule has 0 radical (unpaired) electrons. The highest BCUT2D eigenvalue weighted by Crippen LogP contribution is 2.19. The van der Waals surface area contributed by atoms with Crippen LogP contribution in [-0.4, -0.2) is 38.0 Å². The molecule has 0 bridgehead atoms. The molecule has 1 fully saturated rings. The minimum atomic E-state index is -3.50. The first-order valence-corrected chi connectivity index (χ1v) is 10.1. The molecule has 1 atom stereocenters. The Labute approximate surface area is 131 Å². The van der Waals surface area contributed by atoms with Gasteiger partial charge in [-0.25, -0.2) is 18.1 Å². The zero-order chi connectivity index (χ0) is 15.3. The lowest BCUT2D eigenvalue weighted by atomic mass is 10.2. The molecule has 1 aliphatic carbocycles. The van der Waals surface area contributed by atoms with E-state index < -0.39 is 10.0 Å². The van der Waals surface area contributed by atoms with Crippen LogP contribution in [0.4, 0.5) is 0 Å². The number of rotatable bonds is 9. The maximum atomic E-state index is 12.1. The summed E-state index contributed by atoms with van der Waals surface area (Å²) >= 11 is 1.71. The summed E-state index contributed by atoms with van der Waals surface area (Å²) in [6.07, 6.45) is 6.12. The minimum Gasteiger partial charge on any atom is -0.310 e. The molecule has 5 nitrogen and oxygen atoms in total. The predicted molar refractivity (Wildman–Crippen MR) is 86.8 cm³/mol. The summed E-state index contributed by atoms with van der Waals surface area (Å²) < 4.78 is 26.9. The van der Waals surface area contributed by atoms with Crippen LogP contribution in [0.15, 0.2) is 23.4 Å². The van der Waals surface area contributed by atoms with Gasteiger partial charge in [0.15, 0.2) is 5.03 Å². The van der Waals surface area contributed by atoms with Crippen molar-refractivity contribution in [2.75, 3.05) is 18.6 Å². The lowest BCUT2D eigenvalue weighted by molar-refractivity contribution is 0.559. The van der Waals surface area contributed by atoms with E-state index in [1.807, 2.05) is 19.2 Å². The summed E-state index contributed by atoms with van der Waals surface area (Å²) in [5.41, 5.74) is 1.01. The smallest absolute Gasteiger partial charge is 0.258 e. The van der Waals surface area contributed by atoms with E-state index in [1.54, 1.807) is 24.0 Å². The van der Waals surface area contributed by atoms with Crippen molar-refractivity contribution in [1.29, 1.82) is 0 Å². The van der Waals surface area contributed by atoms with Crippen molar-refractivity contribution >= 4 is 21.8 Å². The third-order valence-electron chi connectivity index (χ3n) is 3.32. The highest BCUT2D eigenvalue weighted by atomic mass is 32.2. The normalized spacial score (nSPS) is 16.9. The molecular formula is C14H23N3O2S2. The van der Waals surface area contributed by atoms with Crippen LogP contribution in [0, 0.1) is 5.92 Å². The summed E-state index contributed by atoms with van der Waals surface area (Å²) in [6.45, 7) is 3.21. The fraction of sp³-hybridized carbons (Fsp3) is 0.643. The van der Waals surface area contributed by atoms with Gasteiger partial charge in [0.05, 0.1) is 0 Å². The average Bonchev–Trinajstić information content (AvgIpc) is 3.28. The Morgan fingerprint density at radius 2 is 2.19 bits per heavy atom. The highest BCUT2D eigenvalue weighted by Gasteiger charge is 2.20. The molecule has 2 N–H and O–H groups in total. The van der Waals surface area contributed by atoms with Crippen LogP contribution in [0.5, 0.6) is 0 Å². The van der Waals surface area contributed by atoms with Gasteiger partial charge in [0.25, 0.3) is 10.0 Å². The number of thioether (sulfide) groups is 1. The summed E-state index contributed by atoms with van der Waals surface area (Å²) in [7, 11) is -3.50. The summed E-state index contributed by atoms with van der Waals surface area (Å²) in [5, 5.41) is 3.47. The first kappa shape index (κ1) is 16.7. The molecule has 1 unspecified atom stereocenters. The fourth-order valence-electron chi connectivity index (χ4n) is 1.89. The molecule has 0 spiro atoms. The number of nitrogens with one attached hydrogen (secondary N) is 2. The molecule has 2 rings (SSSR count). The van der Waals surface area contributed by atoms with Crippen LogP contribution in [0.1, 0.15) is 25.3 Å². The van der Waals surface area contributed by atoms with Gasteiger partial charge in [-0.1, -0.05) is 13.0 Å². The van der Waals surface area contributed by atoms with E-state index in [2.05, 4.69) is 15.0 Å². The van der Waals surface area contributed by atoms with Gasteiger partial charge in [-0.3, -0.25) is 0 Å². The van der Waals surface area contributed by atoms with Gasteiger partial charge in [-0.05, 0) is 42.4 Å². The number of hydrogen-bond acceptors (Lipinski definition) is 5. The van der Waals surface area contributed by atoms with E-state index in [4.69, 9.17) is 0 Å². The Kier molecular flexibility index (Phi) is 6.04. The largest absolute Gasteiger partial charge is 0.310 e. The van der Waals surface area contributed by atoms with E-state index in [1.165, 1.54) is 12.8 Å². The van der Waals surface area contributed by atoms with Gasteiger partial charge in [-0.15, -0.1) is 0 Å². The molecule has 21 heavy (non-hydrogen) atoms. The maximum absolute atomic E-state index is 12.1. The third kappa shape index (κ3) is 5.58. The van der Waals surface area contributed by atoms with Crippen LogP contribution >= 0.6 is 11.8 Å². The second kappa shape index (κ2) is 7.58. The SMILES string of the molecule is CSCC(C)CNS(=O)(=O)c1ccc(CNC2CC2)cn1. The first-order valence-electron chi connectivity index (χ1n) is 7.18. The van der Waals surface area contributed by atoms with Crippen molar-refractivity contribution in [3.8, 4) is 0 Å². The van der Waals surface area contributed by atoms with Crippen molar-refractivity contribution in [3.63, 3.8) is 0 Å². The van der Waals surface area contributed by atoms with Gasteiger partial charge >= 0.3 is 0 Å². The van der Waals surface area contributed by atoms with Gasteiger partial charge < -0.3 is 5.32 Å². The van der Waals surface area contributed by atoms with Crippen molar-refractivity contribution in [1.82, 2.24) is 15.0 Å². The van der Waals surface area contributed by atoms with E-state index in [0.717, 1.165) is 17.9 Å². The molecule has 1 aromatic heterocycles. The van der Waals surface area contributed by atoms with Gasteiger partial charge in [0.1, 0.15) is 0 Å². The van der Waals surface area contributed by atoms with Gasteiger partial charge in [0, 0.05) is 25.3 Å². The Bertz CT molecular complexity index is 542. The van der Waals surface area contributed by atoms with Crippen LogP contribution in [0.2, 0.25) is 0 Å². The second-order valence-electron chi connectivity index (χ2n) is 5.57. The number of pyridine rings is 1. The summed E-state index contributed by atoms with van der Waals surface area (Å²) in [4.78, 5) is 4.08. The molecule has 0 aliphatic heterocycles. The highest BCUT2D eigenvalue weighted by molar-refractivity contribution is 7.98. The third-order valence-corrected chi connectivity index (χ3v) is 5.56. The van der Waals surface area contributed by atoms with Crippen LogP contribution in [-0.2, 0) is 16.6 Å². The zero-order valence-corrected chi connectivity index (χ0v) is 14.1. The molecule has 1 heterocycles. The Morgan fingerprint density at radius 3 is 2.76 bits per heavy atom. The van der Waals surface area contributed by atoms with Crippen LogP contribution in [0.3, 0.4) is 0 Å². The first-order chi connectivity index (χ1) is 10.0. The van der Waals surface area contributed by atoms with E-state index >= 15 is 0 Å². The molecule has 0 aromatic carbocycles. The van der Waals surface area contributed by atoms with Gasteiger partial charge in [-0.2, -0.15) is 11.8 Å². The molecule has 1 aliphatic rings. The molecule has 7 heteroatoms.